The van der Waals surface area contributed by atoms with Gasteiger partial charge in [0.1, 0.15) is 23.4 Å². The van der Waals surface area contributed by atoms with Crippen molar-refractivity contribution in [1.29, 1.82) is 0 Å². The zero-order valence-corrected chi connectivity index (χ0v) is 18.7. The molecule has 3 aliphatic heterocycles. The van der Waals surface area contributed by atoms with Crippen molar-refractivity contribution in [3.63, 3.8) is 0 Å². The molecular weight excluding hydrogens is 430 g/mol. The van der Waals surface area contributed by atoms with E-state index in [1.807, 2.05) is 48.5 Å². The maximum atomic E-state index is 12.5. The van der Waals surface area contributed by atoms with Gasteiger partial charge in [-0.1, -0.05) is 30.3 Å². The molecule has 3 aliphatic rings. The van der Waals surface area contributed by atoms with Crippen LogP contribution >= 0.6 is 0 Å². The summed E-state index contributed by atoms with van der Waals surface area (Å²) in [5.74, 6) is 2.59. The molecule has 1 fully saturated rings. The van der Waals surface area contributed by atoms with E-state index in [1.54, 1.807) is 19.5 Å². The van der Waals surface area contributed by atoms with Crippen LogP contribution in [0.2, 0.25) is 0 Å². The molecular formula is C25H23N7O2. The molecule has 4 aromatic rings. The first-order valence-corrected chi connectivity index (χ1v) is 11.2. The quantitative estimate of drug-likeness (QED) is 0.493. The summed E-state index contributed by atoms with van der Waals surface area (Å²) in [7, 11) is 1.72. The third-order valence-electron chi connectivity index (χ3n) is 6.25. The zero-order valence-electron chi connectivity index (χ0n) is 18.7. The second-order valence-electron chi connectivity index (χ2n) is 8.37. The van der Waals surface area contributed by atoms with Gasteiger partial charge >= 0.3 is 0 Å². The lowest BCUT2D eigenvalue weighted by Gasteiger charge is -2.43. The summed E-state index contributed by atoms with van der Waals surface area (Å²) in [6, 6.07) is 15.2. The number of hydrogen-bond acceptors (Lipinski definition) is 8. The van der Waals surface area contributed by atoms with Crippen molar-refractivity contribution in [3.8, 4) is 11.4 Å². The average molecular weight is 454 g/mol. The van der Waals surface area contributed by atoms with E-state index in [4.69, 9.17) is 14.7 Å². The maximum absolute atomic E-state index is 12.5. The summed E-state index contributed by atoms with van der Waals surface area (Å²) < 4.78 is 5.73. The van der Waals surface area contributed by atoms with Gasteiger partial charge in [-0.2, -0.15) is 0 Å². The number of piperazine rings is 1. The highest BCUT2D eigenvalue weighted by molar-refractivity contribution is 5.98. The standard InChI is InChI=1S/C25H23N7O2/c1-34-21-15-31-11-12-32(21)25-22-18(8-10-27-25)24(31)30-23(29-22)17-7-9-26-19(14-17)28-20(33)13-16-5-3-2-4-6-16/h2-10,14,21H,11-13,15H2,1H3,(H,26,28,33). The number of hydrogen-bond donors (Lipinski definition) is 1. The second-order valence-corrected chi connectivity index (χ2v) is 8.37. The number of pyridine rings is 2. The van der Waals surface area contributed by atoms with Gasteiger partial charge in [0.15, 0.2) is 11.6 Å². The van der Waals surface area contributed by atoms with Crippen LogP contribution in [-0.4, -0.2) is 58.8 Å². The van der Waals surface area contributed by atoms with E-state index in [0.29, 0.717) is 18.2 Å². The Morgan fingerprint density at radius 3 is 2.76 bits per heavy atom. The van der Waals surface area contributed by atoms with Gasteiger partial charge in [0, 0.05) is 43.5 Å². The minimum Gasteiger partial charge on any atom is -0.360 e. The molecule has 34 heavy (non-hydrogen) atoms. The number of carbonyl (C=O) groups excluding carboxylic acids is 1. The van der Waals surface area contributed by atoms with Crippen LogP contribution < -0.4 is 15.1 Å². The minimum atomic E-state index is -0.126. The highest BCUT2D eigenvalue weighted by atomic mass is 16.5. The molecule has 6 heterocycles. The summed E-state index contributed by atoms with van der Waals surface area (Å²) in [6.07, 6.45) is 3.63. The van der Waals surface area contributed by atoms with Gasteiger partial charge < -0.3 is 19.9 Å². The van der Waals surface area contributed by atoms with Crippen LogP contribution in [-0.2, 0) is 16.0 Å². The Kier molecular flexibility index (Phi) is 5.03. The Bertz CT molecular complexity index is 1380. The normalized spacial score (nSPS) is 16.6. The van der Waals surface area contributed by atoms with Crippen molar-refractivity contribution in [2.75, 3.05) is 41.9 Å². The molecule has 1 N–H and O–H groups in total. The summed E-state index contributed by atoms with van der Waals surface area (Å²) >= 11 is 0. The number of rotatable bonds is 5. The number of aromatic nitrogens is 4. The second kappa shape index (κ2) is 8.35. The van der Waals surface area contributed by atoms with E-state index in [2.05, 4.69) is 25.1 Å². The molecule has 1 saturated heterocycles. The first kappa shape index (κ1) is 20.5. The SMILES string of the molecule is COC1CN2CCN1c1nccc3c2nc(-c2ccnc(NC(=O)Cc4ccccc4)c2)nc13. The van der Waals surface area contributed by atoms with Crippen molar-refractivity contribution in [1.82, 2.24) is 19.9 Å². The predicted molar refractivity (Wildman–Crippen MR) is 130 cm³/mol. The number of anilines is 3. The van der Waals surface area contributed by atoms with Crippen LogP contribution in [0.4, 0.5) is 17.5 Å². The van der Waals surface area contributed by atoms with Crippen LogP contribution in [0.25, 0.3) is 22.3 Å². The molecule has 9 heteroatoms. The Labute approximate surface area is 196 Å². The van der Waals surface area contributed by atoms with Crippen molar-refractivity contribution in [2.24, 2.45) is 0 Å². The molecule has 0 saturated carbocycles. The van der Waals surface area contributed by atoms with E-state index in [-0.39, 0.29) is 18.6 Å². The van der Waals surface area contributed by atoms with Crippen molar-refractivity contribution in [3.05, 3.63) is 66.5 Å². The Morgan fingerprint density at radius 2 is 1.91 bits per heavy atom. The molecule has 9 nitrogen and oxygen atoms in total. The third kappa shape index (κ3) is 3.60. The Balaban J connectivity index is 1.36. The summed E-state index contributed by atoms with van der Waals surface area (Å²) in [5.41, 5.74) is 2.51. The van der Waals surface area contributed by atoms with Gasteiger partial charge in [0.25, 0.3) is 0 Å². The van der Waals surface area contributed by atoms with E-state index in [0.717, 1.165) is 46.8 Å². The first-order chi connectivity index (χ1) is 16.7. The van der Waals surface area contributed by atoms with Gasteiger partial charge in [-0.05, 0) is 23.8 Å². The average Bonchev–Trinajstić information content (AvgIpc) is 2.88. The van der Waals surface area contributed by atoms with Gasteiger partial charge in [-0.15, -0.1) is 0 Å². The smallest absolute Gasteiger partial charge is 0.229 e. The summed E-state index contributed by atoms with van der Waals surface area (Å²) in [4.78, 5) is 35.7. The number of benzene rings is 1. The van der Waals surface area contributed by atoms with Crippen LogP contribution in [0.3, 0.4) is 0 Å². The van der Waals surface area contributed by atoms with Gasteiger partial charge in [-0.3, -0.25) is 4.79 Å². The first-order valence-electron chi connectivity index (χ1n) is 11.2. The van der Waals surface area contributed by atoms with Gasteiger partial charge in [0.2, 0.25) is 5.91 Å². The van der Waals surface area contributed by atoms with Gasteiger partial charge in [0.05, 0.1) is 13.0 Å². The van der Waals surface area contributed by atoms with E-state index < -0.39 is 0 Å². The monoisotopic (exact) mass is 453 g/mol. The highest BCUT2D eigenvalue weighted by Crippen LogP contribution is 2.37. The van der Waals surface area contributed by atoms with E-state index >= 15 is 0 Å². The molecule has 0 radical (unpaired) electrons. The number of amides is 1. The fraction of sp³-hybridized carbons (Fsp3) is 0.240. The third-order valence-corrected chi connectivity index (χ3v) is 6.25. The summed E-state index contributed by atoms with van der Waals surface area (Å²) in [6.45, 7) is 2.31. The van der Waals surface area contributed by atoms with Crippen LogP contribution in [0.15, 0.2) is 60.9 Å². The van der Waals surface area contributed by atoms with Crippen LogP contribution in [0.1, 0.15) is 5.56 Å². The Morgan fingerprint density at radius 1 is 1.06 bits per heavy atom. The van der Waals surface area contributed by atoms with Crippen molar-refractivity contribution >= 4 is 34.3 Å². The molecule has 1 aromatic carbocycles. The molecule has 0 spiro atoms. The molecule has 0 aliphatic carbocycles. The zero-order chi connectivity index (χ0) is 23.1. The fourth-order valence-corrected chi connectivity index (χ4v) is 4.60. The number of nitrogens with zero attached hydrogens (tertiary/aromatic N) is 6. The van der Waals surface area contributed by atoms with Crippen LogP contribution in [0.5, 0.6) is 0 Å². The van der Waals surface area contributed by atoms with Crippen molar-refractivity contribution in [2.45, 2.75) is 12.6 Å². The molecule has 6 bridgehead atoms. The highest BCUT2D eigenvalue weighted by Gasteiger charge is 2.34. The molecule has 1 amide bonds. The predicted octanol–water partition coefficient (Wildman–Crippen LogP) is 2.88. The van der Waals surface area contributed by atoms with Crippen LogP contribution in [0, 0.1) is 0 Å². The van der Waals surface area contributed by atoms with Gasteiger partial charge in [-0.25, -0.2) is 19.9 Å². The maximum Gasteiger partial charge on any atom is 0.229 e. The fourth-order valence-electron chi connectivity index (χ4n) is 4.60. The molecule has 3 aromatic heterocycles. The van der Waals surface area contributed by atoms with E-state index in [1.165, 1.54) is 0 Å². The number of methoxy groups -OCH3 is 1. The molecule has 170 valence electrons. The molecule has 1 unspecified atom stereocenters. The number of fused-ring (bicyclic) bond motifs is 2. The van der Waals surface area contributed by atoms with Crippen molar-refractivity contribution < 1.29 is 9.53 Å². The largest absolute Gasteiger partial charge is 0.360 e. The number of nitrogens with one attached hydrogen (secondary N) is 1. The minimum absolute atomic E-state index is 0.107. The molecule has 7 rings (SSSR count). The lowest BCUT2D eigenvalue weighted by atomic mass is 10.1. The summed E-state index contributed by atoms with van der Waals surface area (Å²) in [5, 5.41) is 3.86. The topological polar surface area (TPSA) is 96.4 Å². The Hall–Kier alpha value is -4.11. The van der Waals surface area contributed by atoms with E-state index in [9.17, 15) is 4.79 Å². The number of ether oxygens (including phenoxy) is 1. The molecule has 1 atom stereocenters. The lowest BCUT2D eigenvalue weighted by Crippen LogP contribution is -2.55. The number of carbonyl (C=O) groups is 1. The lowest BCUT2D eigenvalue weighted by molar-refractivity contribution is -0.115.